The maximum atomic E-state index is 10.8. The number of amides is 2. The maximum Gasteiger partial charge on any atom is 0.316 e. The number of halogens is 2. The lowest BCUT2D eigenvalue weighted by Gasteiger charge is -2.07. The van der Waals surface area contributed by atoms with Crippen molar-refractivity contribution in [1.29, 1.82) is 0 Å². The van der Waals surface area contributed by atoms with Crippen LogP contribution in [0.1, 0.15) is 4.88 Å². The van der Waals surface area contributed by atoms with Gasteiger partial charge in [0.1, 0.15) is 4.34 Å². The van der Waals surface area contributed by atoms with E-state index in [1.807, 2.05) is 24.3 Å². The van der Waals surface area contributed by atoms with Crippen LogP contribution in [0, 0.1) is 0 Å². The number of benzene rings is 1. The zero-order valence-electron chi connectivity index (χ0n) is 9.74. The van der Waals surface area contributed by atoms with E-state index in [1.165, 1.54) is 11.3 Å². The third-order valence-corrected chi connectivity index (χ3v) is 4.77. The number of carbonyl (C=O) groups excluding carboxylic acids is 1. The zero-order chi connectivity index (χ0) is 13.8. The van der Waals surface area contributed by atoms with Crippen LogP contribution in [0.2, 0.25) is 4.34 Å². The first-order valence-corrected chi connectivity index (χ1v) is 7.37. The number of rotatable bonds is 4. The average Bonchev–Trinajstić information content (AvgIpc) is 2.66. The normalized spacial score (nSPS) is 10.2. The molecule has 7 heteroatoms. The lowest BCUT2D eigenvalue weighted by Crippen LogP contribution is -2.19. The topological polar surface area (TPSA) is 67.2 Å². The Balaban J connectivity index is 2.01. The van der Waals surface area contributed by atoms with Crippen molar-refractivity contribution in [3.8, 4) is 0 Å². The molecule has 0 aliphatic heterocycles. The van der Waals surface area contributed by atoms with Crippen LogP contribution in [0.15, 0.2) is 34.8 Å². The van der Waals surface area contributed by atoms with Crippen LogP contribution in [0.5, 0.6) is 0 Å². The Kier molecular flexibility index (Phi) is 4.68. The molecular weight excluding hydrogens is 350 g/mol. The molecule has 0 aliphatic carbocycles. The molecule has 2 amide bonds. The van der Waals surface area contributed by atoms with Crippen molar-refractivity contribution in [2.75, 3.05) is 10.6 Å². The second kappa shape index (κ2) is 6.27. The van der Waals surface area contributed by atoms with Crippen molar-refractivity contribution in [3.05, 3.63) is 44.0 Å². The molecule has 1 aromatic carbocycles. The molecule has 4 nitrogen and oxygen atoms in total. The van der Waals surface area contributed by atoms with Crippen LogP contribution in [0.25, 0.3) is 0 Å². The number of thiophene rings is 1. The van der Waals surface area contributed by atoms with Gasteiger partial charge >= 0.3 is 6.03 Å². The molecule has 0 bridgehead atoms. The van der Waals surface area contributed by atoms with Crippen molar-refractivity contribution in [1.82, 2.24) is 0 Å². The Morgan fingerprint density at radius 1 is 1.37 bits per heavy atom. The summed E-state index contributed by atoms with van der Waals surface area (Å²) < 4.78 is 1.64. The number of nitrogens with two attached hydrogens (primary N) is 1. The van der Waals surface area contributed by atoms with E-state index in [1.54, 1.807) is 6.07 Å². The van der Waals surface area contributed by atoms with Gasteiger partial charge in [-0.25, -0.2) is 4.79 Å². The summed E-state index contributed by atoms with van der Waals surface area (Å²) in [7, 11) is 0. The van der Waals surface area contributed by atoms with E-state index in [9.17, 15) is 4.79 Å². The molecular formula is C12H11BrClN3OS. The number of urea groups is 1. The molecule has 0 fully saturated rings. The highest BCUT2D eigenvalue weighted by molar-refractivity contribution is 9.10. The molecule has 0 radical (unpaired) electrons. The predicted octanol–water partition coefficient (Wildman–Crippen LogP) is 4.27. The highest BCUT2D eigenvalue weighted by Crippen LogP contribution is 2.32. The second-order valence-corrected chi connectivity index (χ2v) is 6.35. The third-order valence-electron chi connectivity index (χ3n) is 2.29. The summed E-state index contributed by atoms with van der Waals surface area (Å²) in [5.41, 5.74) is 6.62. The summed E-state index contributed by atoms with van der Waals surface area (Å²) in [5.74, 6) is 0. The molecule has 4 N–H and O–H groups in total. The maximum absolute atomic E-state index is 10.8. The van der Waals surface area contributed by atoms with E-state index in [0.717, 1.165) is 19.4 Å². The minimum Gasteiger partial charge on any atom is -0.380 e. The summed E-state index contributed by atoms with van der Waals surface area (Å²) >= 11 is 10.9. The molecule has 2 rings (SSSR count). The smallest absolute Gasteiger partial charge is 0.316 e. The molecule has 0 atom stereocenters. The van der Waals surface area contributed by atoms with Gasteiger partial charge in [0.05, 0.1) is 0 Å². The van der Waals surface area contributed by atoms with Crippen LogP contribution < -0.4 is 16.4 Å². The van der Waals surface area contributed by atoms with Crippen molar-refractivity contribution >= 4 is 56.3 Å². The second-order valence-electron chi connectivity index (χ2n) is 3.76. The minimum atomic E-state index is -0.578. The van der Waals surface area contributed by atoms with Gasteiger partial charge in [0, 0.05) is 27.3 Å². The van der Waals surface area contributed by atoms with Gasteiger partial charge in [0.25, 0.3) is 0 Å². The van der Waals surface area contributed by atoms with Gasteiger partial charge in [-0.05, 0) is 40.2 Å². The number of carbonyl (C=O) groups is 1. The molecule has 19 heavy (non-hydrogen) atoms. The van der Waals surface area contributed by atoms with Crippen LogP contribution >= 0.6 is 38.9 Å². The summed E-state index contributed by atoms with van der Waals surface area (Å²) in [6.07, 6.45) is 0. The number of nitrogens with one attached hydrogen (secondary N) is 2. The number of anilines is 2. The summed E-state index contributed by atoms with van der Waals surface area (Å²) in [5, 5.41) is 5.78. The quantitative estimate of drug-likeness (QED) is 0.762. The van der Waals surface area contributed by atoms with Crippen LogP contribution in [0.4, 0.5) is 16.2 Å². The van der Waals surface area contributed by atoms with Crippen molar-refractivity contribution in [2.24, 2.45) is 5.73 Å². The van der Waals surface area contributed by atoms with Gasteiger partial charge in [-0.1, -0.05) is 17.7 Å². The monoisotopic (exact) mass is 359 g/mol. The standard InChI is InChI=1S/C12H11BrClN3OS/c13-10-5-9(19-11(10)14)6-16-7-2-1-3-8(4-7)17-12(15)18/h1-5,16H,6H2,(H3,15,17,18). The van der Waals surface area contributed by atoms with E-state index >= 15 is 0 Å². The molecule has 100 valence electrons. The van der Waals surface area contributed by atoms with E-state index in [0.29, 0.717) is 12.2 Å². The van der Waals surface area contributed by atoms with Crippen molar-refractivity contribution < 1.29 is 4.79 Å². The Hall–Kier alpha value is -1.24. The number of hydrogen-bond donors (Lipinski definition) is 3. The summed E-state index contributed by atoms with van der Waals surface area (Å²) in [6, 6.07) is 8.74. The highest BCUT2D eigenvalue weighted by atomic mass is 79.9. The Labute approximate surface area is 128 Å². The van der Waals surface area contributed by atoms with Gasteiger partial charge in [0.15, 0.2) is 0 Å². The molecule has 0 saturated carbocycles. The Bertz CT molecular complexity index is 583. The van der Waals surface area contributed by atoms with E-state index in [2.05, 4.69) is 26.6 Å². The highest BCUT2D eigenvalue weighted by Gasteiger charge is 2.04. The molecule has 0 unspecified atom stereocenters. The van der Waals surface area contributed by atoms with Gasteiger partial charge in [-0.3, -0.25) is 0 Å². The predicted molar refractivity (Wildman–Crippen MR) is 84.0 cm³/mol. The Morgan fingerprint density at radius 2 is 2.11 bits per heavy atom. The fourth-order valence-corrected chi connectivity index (χ4v) is 3.25. The fourth-order valence-electron chi connectivity index (χ4n) is 1.52. The first-order valence-electron chi connectivity index (χ1n) is 5.38. The SMILES string of the molecule is NC(=O)Nc1cccc(NCc2cc(Br)c(Cl)s2)c1. The van der Waals surface area contributed by atoms with E-state index < -0.39 is 6.03 Å². The van der Waals surface area contributed by atoms with Crippen molar-refractivity contribution in [3.63, 3.8) is 0 Å². The third kappa shape index (κ3) is 4.12. The number of hydrogen-bond acceptors (Lipinski definition) is 3. The summed E-state index contributed by atoms with van der Waals surface area (Å²) in [4.78, 5) is 11.9. The lowest BCUT2D eigenvalue weighted by molar-refractivity contribution is 0.259. The van der Waals surface area contributed by atoms with Gasteiger partial charge in [0.2, 0.25) is 0 Å². The first kappa shape index (κ1) is 14.2. The lowest BCUT2D eigenvalue weighted by atomic mass is 10.2. The number of primary amides is 1. The largest absolute Gasteiger partial charge is 0.380 e. The molecule has 0 aliphatic rings. The molecule has 1 aromatic heterocycles. The van der Waals surface area contributed by atoms with Gasteiger partial charge < -0.3 is 16.4 Å². The zero-order valence-corrected chi connectivity index (χ0v) is 12.9. The van der Waals surface area contributed by atoms with E-state index in [4.69, 9.17) is 17.3 Å². The molecule has 1 heterocycles. The molecule has 0 spiro atoms. The van der Waals surface area contributed by atoms with Gasteiger partial charge in [-0.2, -0.15) is 0 Å². The van der Waals surface area contributed by atoms with Crippen LogP contribution in [-0.4, -0.2) is 6.03 Å². The Morgan fingerprint density at radius 3 is 2.74 bits per heavy atom. The summed E-state index contributed by atoms with van der Waals surface area (Å²) in [6.45, 7) is 0.663. The average molecular weight is 361 g/mol. The fraction of sp³-hybridized carbons (Fsp3) is 0.0833. The first-order chi connectivity index (χ1) is 9.04. The van der Waals surface area contributed by atoms with Crippen LogP contribution in [-0.2, 0) is 6.54 Å². The molecule has 2 aromatic rings. The van der Waals surface area contributed by atoms with E-state index in [-0.39, 0.29) is 0 Å². The van der Waals surface area contributed by atoms with Crippen molar-refractivity contribution in [2.45, 2.75) is 6.54 Å². The minimum absolute atomic E-state index is 0.578. The molecule has 0 saturated heterocycles. The van der Waals surface area contributed by atoms with Crippen LogP contribution in [0.3, 0.4) is 0 Å². The van der Waals surface area contributed by atoms with Gasteiger partial charge in [-0.15, -0.1) is 11.3 Å².